The van der Waals surface area contributed by atoms with Gasteiger partial charge in [-0.3, -0.25) is 4.90 Å². The van der Waals surface area contributed by atoms with E-state index in [0.717, 1.165) is 58.9 Å². The summed E-state index contributed by atoms with van der Waals surface area (Å²) in [6.45, 7) is 15.3. The van der Waals surface area contributed by atoms with Crippen molar-refractivity contribution in [2.45, 2.75) is 26.8 Å². The van der Waals surface area contributed by atoms with E-state index >= 15 is 0 Å². The predicted molar refractivity (Wildman–Crippen MR) is 77.4 cm³/mol. The third-order valence-corrected chi connectivity index (χ3v) is 4.41. The largest absolute Gasteiger partial charge is 0.322 e. The zero-order valence-corrected chi connectivity index (χ0v) is 12.6. The molecule has 2 aliphatic rings. The minimum atomic E-state index is 0.249. The van der Waals surface area contributed by atoms with Crippen LogP contribution < -0.4 is 0 Å². The number of nitrogens with zero attached hydrogens (tertiary/aromatic N) is 4. The monoisotopic (exact) mass is 268 g/mol. The van der Waals surface area contributed by atoms with Gasteiger partial charge in [0, 0.05) is 58.4 Å². The van der Waals surface area contributed by atoms with Crippen molar-refractivity contribution < 1.29 is 4.79 Å². The van der Waals surface area contributed by atoms with Crippen LogP contribution >= 0.6 is 0 Å². The van der Waals surface area contributed by atoms with Crippen LogP contribution in [0.15, 0.2) is 0 Å². The van der Waals surface area contributed by atoms with E-state index in [4.69, 9.17) is 0 Å². The lowest BCUT2D eigenvalue weighted by Gasteiger charge is -2.41. The van der Waals surface area contributed by atoms with E-state index in [2.05, 4.69) is 30.6 Å². The number of hydrogen-bond acceptors (Lipinski definition) is 3. The van der Waals surface area contributed by atoms with E-state index in [1.807, 2.05) is 9.80 Å². The number of rotatable bonds is 2. The van der Waals surface area contributed by atoms with E-state index in [1.54, 1.807) is 0 Å². The van der Waals surface area contributed by atoms with Gasteiger partial charge in [0.2, 0.25) is 0 Å². The second kappa shape index (κ2) is 6.57. The lowest BCUT2D eigenvalue weighted by Crippen LogP contribution is -2.57. The Bertz CT molecular complexity index is 292. The molecule has 19 heavy (non-hydrogen) atoms. The van der Waals surface area contributed by atoms with Crippen LogP contribution in [-0.2, 0) is 0 Å². The highest BCUT2D eigenvalue weighted by Crippen LogP contribution is 2.10. The van der Waals surface area contributed by atoms with Gasteiger partial charge in [0.15, 0.2) is 0 Å². The van der Waals surface area contributed by atoms with Crippen LogP contribution in [0.2, 0.25) is 0 Å². The number of carbonyl (C=O) groups is 1. The molecule has 5 nitrogen and oxygen atoms in total. The predicted octanol–water partition coefficient (Wildman–Crippen LogP) is 0.770. The fraction of sp³-hybridized carbons (Fsp3) is 0.929. The van der Waals surface area contributed by atoms with Gasteiger partial charge in [-0.15, -0.1) is 0 Å². The maximum absolute atomic E-state index is 12.4. The lowest BCUT2D eigenvalue weighted by atomic mass is 10.2. The summed E-state index contributed by atoms with van der Waals surface area (Å²) in [7, 11) is 0. The fourth-order valence-corrected chi connectivity index (χ4v) is 2.88. The maximum atomic E-state index is 12.4. The van der Waals surface area contributed by atoms with Crippen LogP contribution in [0.5, 0.6) is 0 Å². The van der Waals surface area contributed by atoms with Gasteiger partial charge in [-0.1, -0.05) is 6.92 Å². The second-order valence-corrected chi connectivity index (χ2v) is 5.82. The van der Waals surface area contributed by atoms with Gasteiger partial charge >= 0.3 is 6.03 Å². The average molecular weight is 268 g/mol. The summed E-state index contributed by atoms with van der Waals surface area (Å²) in [5.41, 5.74) is 0. The Morgan fingerprint density at radius 2 is 1.37 bits per heavy atom. The molecule has 0 aliphatic carbocycles. The fourth-order valence-electron chi connectivity index (χ4n) is 2.88. The number of likely N-dealkylation sites (N-methyl/N-ethyl adjacent to an activating group) is 1. The highest BCUT2D eigenvalue weighted by Gasteiger charge is 2.27. The first-order valence-corrected chi connectivity index (χ1v) is 7.62. The average Bonchev–Trinajstić information content (AvgIpc) is 2.46. The molecular formula is C14H28N4O. The number of carbonyl (C=O) groups excluding carboxylic acids is 1. The van der Waals surface area contributed by atoms with Crippen molar-refractivity contribution in [3.8, 4) is 0 Å². The molecule has 0 bridgehead atoms. The van der Waals surface area contributed by atoms with Gasteiger partial charge in [0.1, 0.15) is 0 Å². The number of hydrogen-bond donors (Lipinski definition) is 0. The zero-order valence-electron chi connectivity index (χ0n) is 12.6. The zero-order chi connectivity index (χ0) is 13.8. The molecule has 0 spiro atoms. The quantitative estimate of drug-likeness (QED) is 0.741. The van der Waals surface area contributed by atoms with E-state index < -0.39 is 0 Å². The second-order valence-electron chi connectivity index (χ2n) is 5.82. The van der Waals surface area contributed by atoms with Crippen molar-refractivity contribution in [3.63, 3.8) is 0 Å². The van der Waals surface area contributed by atoms with E-state index in [-0.39, 0.29) is 6.03 Å². The molecule has 5 heteroatoms. The Labute approximate surface area is 117 Å². The minimum Gasteiger partial charge on any atom is -0.322 e. The van der Waals surface area contributed by atoms with Gasteiger partial charge in [-0.25, -0.2) is 4.79 Å². The summed E-state index contributed by atoms with van der Waals surface area (Å²) in [5, 5.41) is 0. The lowest BCUT2D eigenvalue weighted by molar-refractivity contribution is 0.0830. The molecule has 2 rings (SSSR count). The summed E-state index contributed by atoms with van der Waals surface area (Å²) in [6, 6.07) is 0.838. The van der Waals surface area contributed by atoms with Crippen molar-refractivity contribution in [2.24, 2.45) is 0 Å². The maximum Gasteiger partial charge on any atom is 0.320 e. The summed E-state index contributed by atoms with van der Waals surface area (Å²) >= 11 is 0. The molecule has 110 valence electrons. The Balaban J connectivity index is 1.78. The normalized spacial score (nSPS) is 23.2. The van der Waals surface area contributed by atoms with E-state index in [9.17, 15) is 4.79 Å². The van der Waals surface area contributed by atoms with Gasteiger partial charge in [-0.05, 0) is 20.4 Å². The first kappa shape index (κ1) is 14.6. The molecule has 0 unspecified atom stereocenters. The molecule has 2 saturated heterocycles. The van der Waals surface area contributed by atoms with Crippen LogP contribution in [0.4, 0.5) is 4.79 Å². The highest BCUT2D eigenvalue weighted by molar-refractivity contribution is 5.74. The van der Waals surface area contributed by atoms with Crippen LogP contribution in [0.3, 0.4) is 0 Å². The van der Waals surface area contributed by atoms with Crippen molar-refractivity contribution in [1.29, 1.82) is 0 Å². The van der Waals surface area contributed by atoms with Crippen molar-refractivity contribution in [3.05, 3.63) is 0 Å². The molecule has 2 heterocycles. The van der Waals surface area contributed by atoms with Crippen LogP contribution in [-0.4, -0.2) is 90.6 Å². The molecule has 0 saturated carbocycles. The summed E-state index contributed by atoms with van der Waals surface area (Å²) in [6.07, 6.45) is 0. The number of amides is 2. The summed E-state index contributed by atoms with van der Waals surface area (Å²) in [5.74, 6) is 0. The smallest absolute Gasteiger partial charge is 0.320 e. The van der Waals surface area contributed by atoms with Gasteiger partial charge in [-0.2, -0.15) is 0 Å². The van der Waals surface area contributed by atoms with Crippen LogP contribution in [0.25, 0.3) is 0 Å². The molecule has 0 N–H and O–H groups in total. The molecule has 0 aromatic heterocycles. The minimum absolute atomic E-state index is 0.249. The molecule has 0 aromatic carbocycles. The van der Waals surface area contributed by atoms with Gasteiger partial charge < -0.3 is 14.7 Å². The van der Waals surface area contributed by atoms with E-state index in [1.165, 1.54) is 0 Å². The molecule has 2 fully saturated rings. The third-order valence-electron chi connectivity index (χ3n) is 4.41. The van der Waals surface area contributed by atoms with Crippen LogP contribution in [0, 0.1) is 0 Å². The molecule has 2 amide bonds. The van der Waals surface area contributed by atoms with Crippen molar-refractivity contribution >= 4 is 6.03 Å². The topological polar surface area (TPSA) is 30.0 Å². The Hall–Kier alpha value is -0.810. The standard InChI is InChI=1S/C14H28N4O/c1-4-15-5-7-17(8-6-15)14(19)18-11-9-16(10-12-18)13(2)3/h13H,4-12H2,1-3H3. The Kier molecular flexibility index (Phi) is 5.05. The molecule has 2 aliphatic heterocycles. The third kappa shape index (κ3) is 3.60. The number of urea groups is 1. The van der Waals surface area contributed by atoms with Crippen molar-refractivity contribution in [2.75, 3.05) is 58.9 Å². The first-order chi connectivity index (χ1) is 9.11. The molecule has 0 aromatic rings. The SMILES string of the molecule is CCN1CCN(C(=O)N2CCN(C(C)C)CC2)CC1. The molecule has 0 atom stereocenters. The summed E-state index contributed by atoms with van der Waals surface area (Å²) in [4.78, 5) is 21.3. The molecule has 0 radical (unpaired) electrons. The summed E-state index contributed by atoms with van der Waals surface area (Å²) < 4.78 is 0. The van der Waals surface area contributed by atoms with Gasteiger partial charge in [0.05, 0.1) is 0 Å². The Morgan fingerprint density at radius 1 is 0.895 bits per heavy atom. The Morgan fingerprint density at radius 3 is 1.79 bits per heavy atom. The van der Waals surface area contributed by atoms with Crippen LogP contribution in [0.1, 0.15) is 20.8 Å². The van der Waals surface area contributed by atoms with Gasteiger partial charge in [0.25, 0.3) is 0 Å². The molecular weight excluding hydrogens is 240 g/mol. The van der Waals surface area contributed by atoms with Crippen molar-refractivity contribution in [1.82, 2.24) is 19.6 Å². The highest BCUT2D eigenvalue weighted by atomic mass is 16.2. The van der Waals surface area contributed by atoms with E-state index in [0.29, 0.717) is 6.04 Å². The number of piperazine rings is 2. The first-order valence-electron chi connectivity index (χ1n) is 7.62.